The summed E-state index contributed by atoms with van der Waals surface area (Å²) in [4.78, 5) is 52.4. The monoisotopic (exact) mass is 529 g/mol. The molecule has 0 aromatic heterocycles. The fourth-order valence-corrected chi connectivity index (χ4v) is 4.44. The number of halogens is 1. The highest BCUT2D eigenvalue weighted by atomic mass is 32.2. The molecule has 4 amide bonds. The summed E-state index contributed by atoms with van der Waals surface area (Å²) in [5.74, 6) is -1.11. The molecule has 0 unspecified atom stereocenters. The predicted octanol–water partition coefficient (Wildman–Crippen LogP) is 2.75. The number of nitrogens with zero attached hydrogens (tertiary/aromatic N) is 2. The normalized spacial score (nSPS) is 16.8. The zero-order valence-corrected chi connectivity index (χ0v) is 20.7. The number of thioether (sulfide) groups is 1. The Bertz CT molecular complexity index is 1230. The van der Waals surface area contributed by atoms with Crippen LogP contribution in [0, 0.1) is 5.82 Å². The van der Waals surface area contributed by atoms with Gasteiger partial charge in [-0.3, -0.25) is 24.1 Å². The van der Waals surface area contributed by atoms with Gasteiger partial charge in [0.2, 0.25) is 5.91 Å². The summed E-state index contributed by atoms with van der Waals surface area (Å²) in [7, 11) is 1.45. The SMILES string of the molecule is COc1cc(/C=C2\SC(=O)N(CC(=O)Nc3ccc(F)cc3)C2=O)ccc1OCC(=O)N1CCOCC1. The first-order valence-electron chi connectivity index (χ1n) is 11.3. The molecule has 0 saturated carbocycles. The van der Waals surface area contributed by atoms with Crippen LogP contribution in [0.4, 0.5) is 14.9 Å². The average Bonchev–Trinajstić information content (AvgIpc) is 3.16. The van der Waals surface area contributed by atoms with E-state index < -0.39 is 29.4 Å². The number of anilines is 1. The molecular weight excluding hydrogens is 505 g/mol. The van der Waals surface area contributed by atoms with Crippen LogP contribution in [0.15, 0.2) is 47.4 Å². The van der Waals surface area contributed by atoms with Gasteiger partial charge in [0.25, 0.3) is 17.1 Å². The number of rotatable bonds is 8. The number of amides is 4. The number of carbonyl (C=O) groups excluding carboxylic acids is 4. The van der Waals surface area contributed by atoms with E-state index in [1.165, 1.54) is 37.5 Å². The van der Waals surface area contributed by atoms with Gasteiger partial charge in [0.1, 0.15) is 12.4 Å². The molecule has 2 fully saturated rings. The number of methoxy groups -OCH3 is 1. The van der Waals surface area contributed by atoms with Crippen molar-refractivity contribution in [3.63, 3.8) is 0 Å². The molecule has 12 heteroatoms. The van der Waals surface area contributed by atoms with Crippen molar-refractivity contribution in [1.82, 2.24) is 9.80 Å². The Labute approximate surface area is 216 Å². The number of hydrogen-bond donors (Lipinski definition) is 1. The maximum atomic E-state index is 13.0. The molecular formula is C25H24FN3O7S. The lowest BCUT2D eigenvalue weighted by Crippen LogP contribution is -2.43. The maximum Gasteiger partial charge on any atom is 0.294 e. The van der Waals surface area contributed by atoms with Crippen LogP contribution in [0.1, 0.15) is 5.56 Å². The van der Waals surface area contributed by atoms with E-state index in [2.05, 4.69) is 5.32 Å². The molecule has 2 aliphatic rings. The zero-order chi connectivity index (χ0) is 26.4. The Kier molecular flexibility index (Phi) is 8.41. The van der Waals surface area contributed by atoms with Gasteiger partial charge >= 0.3 is 0 Å². The molecule has 10 nitrogen and oxygen atoms in total. The first-order chi connectivity index (χ1) is 17.8. The molecule has 194 valence electrons. The third-order valence-corrected chi connectivity index (χ3v) is 6.41. The molecule has 2 aliphatic heterocycles. The van der Waals surface area contributed by atoms with Gasteiger partial charge in [-0.05, 0) is 59.8 Å². The number of imide groups is 1. The predicted molar refractivity (Wildman–Crippen MR) is 134 cm³/mol. The highest BCUT2D eigenvalue weighted by Gasteiger charge is 2.36. The summed E-state index contributed by atoms with van der Waals surface area (Å²) in [5.41, 5.74) is 0.903. The quantitative estimate of drug-likeness (QED) is 0.520. The van der Waals surface area contributed by atoms with Crippen molar-refractivity contribution in [3.8, 4) is 11.5 Å². The van der Waals surface area contributed by atoms with Crippen LogP contribution < -0.4 is 14.8 Å². The van der Waals surface area contributed by atoms with Crippen molar-refractivity contribution in [2.24, 2.45) is 0 Å². The Morgan fingerprint density at radius 2 is 1.84 bits per heavy atom. The smallest absolute Gasteiger partial charge is 0.294 e. The van der Waals surface area contributed by atoms with Crippen LogP contribution in [0.2, 0.25) is 0 Å². The van der Waals surface area contributed by atoms with Crippen molar-refractivity contribution in [1.29, 1.82) is 0 Å². The summed E-state index contributed by atoms with van der Waals surface area (Å²) in [5, 5.41) is 1.94. The highest BCUT2D eigenvalue weighted by molar-refractivity contribution is 8.18. The second-order valence-electron chi connectivity index (χ2n) is 8.02. The van der Waals surface area contributed by atoms with Gasteiger partial charge in [0, 0.05) is 18.8 Å². The molecule has 0 bridgehead atoms. The van der Waals surface area contributed by atoms with Gasteiger partial charge < -0.3 is 24.4 Å². The molecule has 2 saturated heterocycles. The molecule has 2 aromatic rings. The number of benzene rings is 2. The van der Waals surface area contributed by atoms with E-state index in [1.54, 1.807) is 23.1 Å². The van der Waals surface area contributed by atoms with Crippen LogP contribution in [0.3, 0.4) is 0 Å². The second kappa shape index (κ2) is 11.9. The van der Waals surface area contributed by atoms with Crippen molar-refractivity contribution < 1.29 is 37.8 Å². The van der Waals surface area contributed by atoms with Crippen molar-refractivity contribution in [2.45, 2.75) is 0 Å². The fraction of sp³-hybridized carbons (Fsp3) is 0.280. The first-order valence-corrected chi connectivity index (χ1v) is 12.1. The minimum absolute atomic E-state index is 0.137. The standard InChI is InChI=1S/C25H24FN3O7S/c1-34-20-12-16(2-7-19(20)36-15-23(31)28-8-10-35-11-9-28)13-21-24(32)29(25(33)37-21)14-22(30)27-18-5-3-17(26)4-6-18/h2-7,12-13H,8-11,14-15H2,1H3,(H,27,30)/b21-13-. The largest absolute Gasteiger partial charge is 0.493 e. The fourth-order valence-electron chi connectivity index (χ4n) is 3.60. The molecule has 4 rings (SSSR count). The Hall–Kier alpha value is -3.90. The van der Waals surface area contributed by atoms with Gasteiger partial charge in [-0.1, -0.05) is 6.07 Å². The third kappa shape index (κ3) is 6.66. The molecule has 2 heterocycles. The van der Waals surface area contributed by atoms with E-state index >= 15 is 0 Å². The minimum atomic E-state index is -0.611. The lowest BCUT2D eigenvalue weighted by Gasteiger charge is -2.26. The average molecular weight is 530 g/mol. The van der Waals surface area contributed by atoms with Crippen molar-refractivity contribution in [3.05, 3.63) is 58.8 Å². The number of morpholine rings is 1. The van der Waals surface area contributed by atoms with Crippen molar-refractivity contribution in [2.75, 3.05) is 51.9 Å². The van der Waals surface area contributed by atoms with Crippen LogP contribution in [0.5, 0.6) is 11.5 Å². The number of hydrogen-bond acceptors (Lipinski definition) is 8. The third-order valence-electron chi connectivity index (χ3n) is 5.50. The summed E-state index contributed by atoms with van der Waals surface area (Å²) in [6, 6.07) is 10.0. The summed E-state index contributed by atoms with van der Waals surface area (Å²) >= 11 is 0.711. The van der Waals surface area contributed by atoms with E-state index in [4.69, 9.17) is 14.2 Å². The molecule has 0 aliphatic carbocycles. The molecule has 0 spiro atoms. The lowest BCUT2D eigenvalue weighted by molar-refractivity contribution is -0.137. The van der Waals surface area contributed by atoms with Crippen LogP contribution in [-0.4, -0.2) is 79.3 Å². The first kappa shape index (κ1) is 26.2. The van der Waals surface area contributed by atoms with Crippen molar-refractivity contribution >= 4 is 46.5 Å². The summed E-state index contributed by atoms with van der Waals surface area (Å²) in [6.07, 6.45) is 1.51. The molecule has 0 radical (unpaired) electrons. The van der Waals surface area contributed by atoms with E-state index in [-0.39, 0.29) is 17.4 Å². The molecule has 0 atom stereocenters. The minimum Gasteiger partial charge on any atom is -0.493 e. The van der Waals surface area contributed by atoms with Gasteiger partial charge in [-0.2, -0.15) is 0 Å². The zero-order valence-electron chi connectivity index (χ0n) is 19.9. The number of carbonyl (C=O) groups is 4. The Morgan fingerprint density at radius 3 is 2.54 bits per heavy atom. The number of nitrogens with one attached hydrogen (secondary N) is 1. The van der Waals surface area contributed by atoms with Gasteiger partial charge in [0.15, 0.2) is 18.1 Å². The summed E-state index contributed by atoms with van der Waals surface area (Å²) < 4.78 is 29.3. The van der Waals surface area contributed by atoms with Gasteiger partial charge in [0.05, 0.1) is 25.2 Å². The highest BCUT2D eigenvalue weighted by Crippen LogP contribution is 2.34. The molecule has 1 N–H and O–H groups in total. The lowest BCUT2D eigenvalue weighted by atomic mass is 10.2. The summed E-state index contributed by atoms with van der Waals surface area (Å²) in [6.45, 7) is 1.38. The van der Waals surface area contributed by atoms with E-state index in [0.717, 1.165) is 4.90 Å². The van der Waals surface area contributed by atoms with E-state index in [9.17, 15) is 23.6 Å². The van der Waals surface area contributed by atoms with Crippen LogP contribution >= 0.6 is 11.8 Å². The molecule has 2 aromatic carbocycles. The second-order valence-corrected chi connectivity index (χ2v) is 9.01. The maximum absolute atomic E-state index is 13.0. The Morgan fingerprint density at radius 1 is 1.11 bits per heavy atom. The number of ether oxygens (including phenoxy) is 3. The van der Waals surface area contributed by atoms with Gasteiger partial charge in [-0.15, -0.1) is 0 Å². The van der Waals surface area contributed by atoms with E-state index in [0.29, 0.717) is 60.8 Å². The van der Waals surface area contributed by atoms with Crippen LogP contribution in [-0.2, 0) is 19.1 Å². The van der Waals surface area contributed by atoms with Gasteiger partial charge in [-0.25, -0.2) is 4.39 Å². The Balaban J connectivity index is 1.38. The van der Waals surface area contributed by atoms with Crippen LogP contribution in [0.25, 0.3) is 6.08 Å². The van der Waals surface area contributed by atoms with E-state index in [1.807, 2.05) is 0 Å². The molecule has 37 heavy (non-hydrogen) atoms. The topological polar surface area (TPSA) is 114 Å².